The lowest BCUT2D eigenvalue weighted by molar-refractivity contribution is 0.0936. The number of aliphatic hydroxyl groups excluding tert-OH is 2. The van der Waals surface area contributed by atoms with Crippen molar-refractivity contribution in [1.82, 2.24) is 5.32 Å². The van der Waals surface area contributed by atoms with Gasteiger partial charge in [0.25, 0.3) is 5.91 Å². The van der Waals surface area contributed by atoms with Gasteiger partial charge in [0, 0.05) is 18.2 Å². The molecule has 1 unspecified atom stereocenters. The highest BCUT2D eigenvalue weighted by atomic mass is 16.3. The molecule has 0 aliphatic carbocycles. The van der Waals surface area contributed by atoms with E-state index in [1.54, 1.807) is 24.3 Å². The Balaban J connectivity index is 2.51. The van der Waals surface area contributed by atoms with Crippen LogP contribution < -0.4 is 5.32 Å². The summed E-state index contributed by atoms with van der Waals surface area (Å²) in [6.45, 7) is 2.04. The first-order valence-electron chi connectivity index (χ1n) is 5.79. The maximum atomic E-state index is 11.8. The number of carbonyl (C=O) groups is 1. The highest BCUT2D eigenvalue weighted by molar-refractivity contribution is 5.94. The van der Waals surface area contributed by atoms with Crippen LogP contribution in [-0.2, 0) is 6.61 Å². The first-order valence-corrected chi connectivity index (χ1v) is 5.79. The Kier molecular flexibility index (Phi) is 5.66. The summed E-state index contributed by atoms with van der Waals surface area (Å²) in [5.74, 6) is -0.125. The molecule has 1 aromatic carbocycles. The van der Waals surface area contributed by atoms with Gasteiger partial charge in [-0.1, -0.05) is 12.1 Å². The molecule has 0 radical (unpaired) electrons. The number of carbonyl (C=O) groups excluding carboxylic acids is 1. The normalized spacial score (nSPS) is 12.2. The van der Waals surface area contributed by atoms with E-state index in [1.165, 1.54) is 0 Å². The predicted molar refractivity (Wildman–Crippen MR) is 65.6 cm³/mol. The summed E-state index contributed by atoms with van der Waals surface area (Å²) >= 11 is 0. The van der Waals surface area contributed by atoms with E-state index in [0.29, 0.717) is 12.0 Å². The van der Waals surface area contributed by atoms with Crippen LogP contribution in [0.2, 0.25) is 0 Å². The lowest BCUT2D eigenvalue weighted by Gasteiger charge is -2.13. The monoisotopic (exact) mass is 237 g/mol. The minimum absolute atomic E-state index is 0.0190. The summed E-state index contributed by atoms with van der Waals surface area (Å²) in [6, 6.07) is 6.90. The van der Waals surface area contributed by atoms with Gasteiger partial charge in [-0.15, -0.1) is 0 Å². The fourth-order valence-corrected chi connectivity index (χ4v) is 1.54. The quantitative estimate of drug-likeness (QED) is 0.693. The van der Waals surface area contributed by atoms with Crippen molar-refractivity contribution >= 4 is 5.91 Å². The van der Waals surface area contributed by atoms with Gasteiger partial charge in [0.2, 0.25) is 0 Å². The van der Waals surface area contributed by atoms with Crippen molar-refractivity contribution in [2.45, 2.75) is 32.4 Å². The molecule has 4 heteroatoms. The Bertz CT molecular complexity index is 348. The minimum Gasteiger partial charge on any atom is -0.396 e. The molecule has 0 heterocycles. The standard InChI is InChI=1S/C13H19NO3/c1-10(3-2-8-15)14-13(17)12-6-4-11(9-16)5-7-12/h4-7,10,15-16H,2-3,8-9H2,1H3,(H,14,17). The number of nitrogens with one attached hydrogen (secondary N) is 1. The number of aliphatic hydroxyl groups is 2. The molecule has 0 saturated carbocycles. The summed E-state index contributed by atoms with van der Waals surface area (Å²) in [6.07, 6.45) is 1.45. The fraction of sp³-hybridized carbons (Fsp3) is 0.462. The molecule has 1 rings (SSSR count). The zero-order chi connectivity index (χ0) is 12.7. The maximum absolute atomic E-state index is 11.8. The molecule has 0 aliphatic heterocycles. The van der Waals surface area contributed by atoms with Gasteiger partial charge in [0.1, 0.15) is 0 Å². The molecule has 4 nitrogen and oxygen atoms in total. The Morgan fingerprint density at radius 3 is 2.47 bits per heavy atom. The topological polar surface area (TPSA) is 69.6 Å². The van der Waals surface area contributed by atoms with E-state index in [1.807, 2.05) is 6.92 Å². The maximum Gasteiger partial charge on any atom is 0.251 e. The van der Waals surface area contributed by atoms with Crippen LogP contribution in [-0.4, -0.2) is 28.8 Å². The highest BCUT2D eigenvalue weighted by Gasteiger charge is 2.09. The second-order valence-electron chi connectivity index (χ2n) is 4.10. The van der Waals surface area contributed by atoms with E-state index in [4.69, 9.17) is 10.2 Å². The van der Waals surface area contributed by atoms with Crippen molar-refractivity contribution < 1.29 is 15.0 Å². The van der Waals surface area contributed by atoms with E-state index in [2.05, 4.69) is 5.32 Å². The van der Waals surface area contributed by atoms with Gasteiger partial charge < -0.3 is 15.5 Å². The lowest BCUT2D eigenvalue weighted by atomic mass is 10.1. The van der Waals surface area contributed by atoms with E-state index in [0.717, 1.165) is 12.0 Å². The minimum atomic E-state index is -0.125. The molecule has 0 fully saturated rings. The predicted octanol–water partition coefficient (Wildman–Crippen LogP) is 1.07. The van der Waals surface area contributed by atoms with Crippen LogP contribution >= 0.6 is 0 Å². The van der Waals surface area contributed by atoms with Crippen LogP contribution in [0.1, 0.15) is 35.7 Å². The molecule has 0 aromatic heterocycles. The average molecular weight is 237 g/mol. The van der Waals surface area contributed by atoms with Crippen LogP contribution in [0.4, 0.5) is 0 Å². The number of amides is 1. The van der Waals surface area contributed by atoms with Gasteiger partial charge in [0.05, 0.1) is 6.61 Å². The molecule has 0 aliphatic rings. The van der Waals surface area contributed by atoms with Gasteiger partial charge >= 0.3 is 0 Å². The molecule has 0 spiro atoms. The molecule has 1 aromatic rings. The van der Waals surface area contributed by atoms with Crippen LogP contribution in [0.25, 0.3) is 0 Å². The van der Waals surface area contributed by atoms with Crippen molar-refractivity contribution in [2.24, 2.45) is 0 Å². The summed E-state index contributed by atoms with van der Waals surface area (Å²) in [5.41, 5.74) is 1.37. The smallest absolute Gasteiger partial charge is 0.251 e. The third-order valence-electron chi connectivity index (χ3n) is 2.57. The molecule has 94 valence electrons. The number of rotatable bonds is 6. The van der Waals surface area contributed by atoms with Gasteiger partial charge in [-0.2, -0.15) is 0 Å². The molecule has 0 saturated heterocycles. The molecular formula is C13H19NO3. The van der Waals surface area contributed by atoms with Gasteiger partial charge in [-0.3, -0.25) is 4.79 Å². The highest BCUT2D eigenvalue weighted by Crippen LogP contribution is 2.05. The zero-order valence-electron chi connectivity index (χ0n) is 10.0. The summed E-state index contributed by atoms with van der Waals surface area (Å²) < 4.78 is 0. The first kappa shape index (κ1) is 13.7. The molecular weight excluding hydrogens is 218 g/mol. The SMILES string of the molecule is CC(CCCO)NC(=O)c1ccc(CO)cc1. The van der Waals surface area contributed by atoms with Gasteiger partial charge in [0.15, 0.2) is 0 Å². The second-order valence-corrected chi connectivity index (χ2v) is 4.10. The van der Waals surface area contributed by atoms with Crippen LogP contribution in [0.15, 0.2) is 24.3 Å². The molecule has 0 bridgehead atoms. The lowest BCUT2D eigenvalue weighted by Crippen LogP contribution is -2.32. The van der Waals surface area contributed by atoms with Crippen molar-refractivity contribution in [3.05, 3.63) is 35.4 Å². The van der Waals surface area contributed by atoms with Crippen molar-refractivity contribution in [2.75, 3.05) is 6.61 Å². The van der Waals surface area contributed by atoms with E-state index < -0.39 is 0 Å². The summed E-state index contributed by atoms with van der Waals surface area (Å²) in [7, 11) is 0. The Morgan fingerprint density at radius 2 is 1.94 bits per heavy atom. The van der Waals surface area contributed by atoms with E-state index in [9.17, 15) is 4.79 Å². The summed E-state index contributed by atoms with van der Waals surface area (Å²) in [5, 5.41) is 20.4. The zero-order valence-corrected chi connectivity index (χ0v) is 10.0. The molecule has 1 atom stereocenters. The molecule has 1 amide bonds. The van der Waals surface area contributed by atoms with Crippen molar-refractivity contribution in [1.29, 1.82) is 0 Å². The molecule has 3 N–H and O–H groups in total. The van der Waals surface area contributed by atoms with Crippen LogP contribution in [0.3, 0.4) is 0 Å². The van der Waals surface area contributed by atoms with Crippen molar-refractivity contribution in [3.8, 4) is 0 Å². The van der Waals surface area contributed by atoms with E-state index >= 15 is 0 Å². The molecule has 17 heavy (non-hydrogen) atoms. The van der Waals surface area contributed by atoms with Crippen molar-refractivity contribution in [3.63, 3.8) is 0 Å². The fourth-order valence-electron chi connectivity index (χ4n) is 1.54. The first-order chi connectivity index (χ1) is 8.17. The Morgan fingerprint density at radius 1 is 1.29 bits per heavy atom. The van der Waals surface area contributed by atoms with Crippen LogP contribution in [0.5, 0.6) is 0 Å². The third-order valence-corrected chi connectivity index (χ3v) is 2.57. The number of hydrogen-bond acceptors (Lipinski definition) is 3. The number of hydrogen-bond donors (Lipinski definition) is 3. The third kappa shape index (κ3) is 4.54. The largest absolute Gasteiger partial charge is 0.396 e. The Labute approximate surface area is 101 Å². The van der Waals surface area contributed by atoms with Gasteiger partial charge in [-0.25, -0.2) is 0 Å². The summed E-state index contributed by atoms with van der Waals surface area (Å²) in [4.78, 5) is 11.8. The second kappa shape index (κ2) is 7.04. The van der Waals surface area contributed by atoms with E-state index in [-0.39, 0.29) is 25.2 Å². The Hall–Kier alpha value is -1.39. The number of benzene rings is 1. The van der Waals surface area contributed by atoms with Crippen LogP contribution in [0, 0.1) is 0 Å². The average Bonchev–Trinajstić information content (AvgIpc) is 2.36. The van der Waals surface area contributed by atoms with Gasteiger partial charge in [-0.05, 0) is 37.5 Å².